The summed E-state index contributed by atoms with van der Waals surface area (Å²) in [7, 11) is 0. The van der Waals surface area contributed by atoms with Gasteiger partial charge in [-0.3, -0.25) is 24.0 Å². The molecule has 8 nitrogen and oxygen atoms in total. The van der Waals surface area contributed by atoms with Gasteiger partial charge in [-0.2, -0.15) is 5.10 Å². The molecule has 8 heteroatoms. The first-order valence-corrected chi connectivity index (χ1v) is 7.89. The second-order valence-electron chi connectivity index (χ2n) is 5.86. The van der Waals surface area contributed by atoms with Crippen LogP contribution >= 0.6 is 0 Å². The number of ether oxygens (including phenoxy) is 1. The normalized spacial score (nSPS) is 21.7. The van der Waals surface area contributed by atoms with Gasteiger partial charge in [0.25, 0.3) is 0 Å². The summed E-state index contributed by atoms with van der Waals surface area (Å²) < 4.78 is 7.39. The summed E-state index contributed by atoms with van der Waals surface area (Å²) in [6.07, 6.45) is 7.08. The van der Waals surface area contributed by atoms with E-state index in [1.807, 2.05) is 0 Å². The Morgan fingerprint density at radius 3 is 2.78 bits per heavy atom. The maximum atomic E-state index is 11.9. The van der Waals surface area contributed by atoms with Gasteiger partial charge in [0.2, 0.25) is 17.7 Å². The number of hydrogen-bond donors (Lipinski definition) is 1. The summed E-state index contributed by atoms with van der Waals surface area (Å²) in [5, 5.41) is 6.86. The highest BCUT2D eigenvalue weighted by Gasteiger charge is 2.30. The third-order valence-corrected chi connectivity index (χ3v) is 4.04. The fourth-order valence-corrected chi connectivity index (χ4v) is 2.83. The number of imide groups is 1. The van der Waals surface area contributed by atoms with Crippen molar-refractivity contribution < 1.29 is 19.1 Å². The van der Waals surface area contributed by atoms with Crippen LogP contribution in [0.2, 0.25) is 0 Å². The molecule has 0 aliphatic carbocycles. The summed E-state index contributed by atoms with van der Waals surface area (Å²) >= 11 is 0. The fraction of sp³-hybridized carbons (Fsp3) is 0.600. The van der Waals surface area contributed by atoms with Gasteiger partial charge in [-0.25, -0.2) is 0 Å². The summed E-state index contributed by atoms with van der Waals surface area (Å²) in [5.41, 5.74) is 0.546. The van der Waals surface area contributed by atoms with Crippen LogP contribution in [0.1, 0.15) is 32.1 Å². The standard InChI is InChI=1S/C15H20N4O4/c20-13(10-19-14(21)4-5-15(19)22)17-11-7-16-18(8-11)9-12-3-1-2-6-23-12/h7-8,12H,1-6,9-10H2,(H,17,20). The van der Waals surface area contributed by atoms with E-state index >= 15 is 0 Å². The lowest BCUT2D eigenvalue weighted by molar-refractivity contribution is -0.141. The molecular formula is C15H20N4O4. The van der Waals surface area contributed by atoms with Gasteiger partial charge in [-0.1, -0.05) is 0 Å². The zero-order valence-corrected chi connectivity index (χ0v) is 12.9. The smallest absolute Gasteiger partial charge is 0.244 e. The molecule has 124 valence electrons. The minimum Gasteiger partial charge on any atom is -0.376 e. The molecular weight excluding hydrogens is 300 g/mol. The number of rotatable bonds is 5. The molecule has 2 saturated heterocycles. The number of nitrogens with zero attached hydrogens (tertiary/aromatic N) is 3. The third kappa shape index (κ3) is 3.95. The predicted octanol–water partition coefficient (Wildman–Crippen LogP) is 0.540. The van der Waals surface area contributed by atoms with Gasteiger partial charge in [-0.15, -0.1) is 0 Å². The van der Waals surface area contributed by atoms with E-state index in [9.17, 15) is 14.4 Å². The lowest BCUT2D eigenvalue weighted by atomic mass is 10.1. The van der Waals surface area contributed by atoms with E-state index in [0.717, 1.165) is 30.8 Å². The van der Waals surface area contributed by atoms with Gasteiger partial charge in [0.1, 0.15) is 6.54 Å². The molecule has 2 aliphatic rings. The topological polar surface area (TPSA) is 93.5 Å². The molecule has 0 radical (unpaired) electrons. The Morgan fingerprint density at radius 2 is 2.09 bits per heavy atom. The Bertz CT molecular complexity index is 590. The summed E-state index contributed by atoms with van der Waals surface area (Å²) in [6, 6.07) is 0. The SMILES string of the molecule is O=C(CN1C(=O)CCC1=O)Nc1cnn(CC2CCCCO2)c1. The second-order valence-corrected chi connectivity index (χ2v) is 5.86. The fourth-order valence-electron chi connectivity index (χ4n) is 2.83. The highest BCUT2D eigenvalue weighted by molar-refractivity contribution is 6.06. The van der Waals surface area contributed by atoms with Crippen molar-refractivity contribution in [3.8, 4) is 0 Å². The van der Waals surface area contributed by atoms with Crippen LogP contribution in [0.25, 0.3) is 0 Å². The van der Waals surface area contributed by atoms with Crippen LogP contribution in [0.15, 0.2) is 12.4 Å². The van der Waals surface area contributed by atoms with Gasteiger partial charge in [-0.05, 0) is 19.3 Å². The molecule has 3 amide bonds. The molecule has 0 bridgehead atoms. The Hall–Kier alpha value is -2.22. The van der Waals surface area contributed by atoms with Crippen LogP contribution in [0.3, 0.4) is 0 Å². The molecule has 1 aromatic rings. The van der Waals surface area contributed by atoms with Gasteiger partial charge < -0.3 is 10.1 Å². The van der Waals surface area contributed by atoms with Gasteiger partial charge in [0, 0.05) is 25.6 Å². The molecule has 3 rings (SSSR count). The van der Waals surface area contributed by atoms with Crippen molar-refractivity contribution in [2.75, 3.05) is 18.5 Å². The monoisotopic (exact) mass is 320 g/mol. The van der Waals surface area contributed by atoms with E-state index in [4.69, 9.17) is 4.74 Å². The van der Waals surface area contributed by atoms with Crippen LogP contribution in [-0.4, -0.2) is 51.7 Å². The number of hydrogen-bond acceptors (Lipinski definition) is 5. The summed E-state index contributed by atoms with van der Waals surface area (Å²) in [5.74, 6) is -0.993. The molecule has 0 aromatic carbocycles. The van der Waals surface area contributed by atoms with Crippen LogP contribution in [-0.2, 0) is 25.7 Å². The highest BCUT2D eigenvalue weighted by atomic mass is 16.5. The van der Waals surface area contributed by atoms with Crippen molar-refractivity contribution in [2.24, 2.45) is 0 Å². The maximum Gasteiger partial charge on any atom is 0.244 e. The molecule has 0 spiro atoms. The van der Waals surface area contributed by atoms with Gasteiger partial charge in [0.15, 0.2) is 0 Å². The first-order chi connectivity index (χ1) is 11.1. The van der Waals surface area contributed by atoms with E-state index in [2.05, 4.69) is 10.4 Å². The van der Waals surface area contributed by atoms with Crippen LogP contribution < -0.4 is 5.32 Å². The van der Waals surface area contributed by atoms with Crippen molar-refractivity contribution >= 4 is 23.4 Å². The van der Waals surface area contributed by atoms with Crippen molar-refractivity contribution in [1.82, 2.24) is 14.7 Å². The number of carbonyl (C=O) groups is 3. The molecule has 1 aromatic heterocycles. The molecule has 3 heterocycles. The minimum absolute atomic E-state index is 0.159. The molecule has 23 heavy (non-hydrogen) atoms. The quantitative estimate of drug-likeness (QED) is 0.799. The summed E-state index contributed by atoms with van der Waals surface area (Å²) in [6.45, 7) is 1.20. The zero-order valence-electron chi connectivity index (χ0n) is 12.9. The van der Waals surface area contributed by atoms with E-state index in [1.165, 1.54) is 0 Å². The van der Waals surface area contributed by atoms with E-state index in [-0.39, 0.29) is 37.3 Å². The number of nitrogens with one attached hydrogen (secondary N) is 1. The number of aromatic nitrogens is 2. The lowest BCUT2D eigenvalue weighted by Gasteiger charge is -2.22. The van der Waals surface area contributed by atoms with Crippen molar-refractivity contribution in [2.45, 2.75) is 44.8 Å². The average Bonchev–Trinajstić information content (AvgIpc) is 3.09. The number of anilines is 1. The Kier molecular flexibility index (Phi) is 4.71. The molecule has 1 unspecified atom stereocenters. The van der Waals surface area contributed by atoms with Crippen molar-refractivity contribution in [3.05, 3.63) is 12.4 Å². The lowest BCUT2D eigenvalue weighted by Crippen LogP contribution is -2.36. The minimum atomic E-state index is -0.401. The number of amides is 3. The first-order valence-electron chi connectivity index (χ1n) is 7.89. The first kappa shape index (κ1) is 15.7. The highest BCUT2D eigenvalue weighted by Crippen LogP contribution is 2.16. The molecule has 1 atom stereocenters. The molecule has 0 saturated carbocycles. The Morgan fingerprint density at radius 1 is 1.30 bits per heavy atom. The molecule has 1 N–H and O–H groups in total. The van der Waals surface area contributed by atoms with Crippen molar-refractivity contribution in [3.63, 3.8) is 0 Å². The van der Waals surface area contributed by atoms with Crippen LogP contribution in [0, 0.1) is 0 Å². The largest absolute Gasteiger partial charge is 0.376 e. The van der Waals surface area contributed by atoms with Gasteiger partial charge in [0.05, 0.1) is 24.5 Å². The van der Waals surface area contributed by atoms with E-state index in [0.29, 0.717) is 12.2 Å². The van der Waals surface area contributed by atoms with E-state index < -0.39 is 5.91 Å². The molecule has 2 fully saturated rings. The number of carbonyl (C=O) groups excluding carboxylic acids is 3. The third-order valence-electron chi connectivity index (χ3n) is 4.04. The maximum absolute atomic E-state index is 11.9. The second kappa shape index (κ2) is 6.91. The summed E-state index contributed by atoms with van der Waals surface area (Å²) in [4.78, 5) is 35.9. The zero-order chi connectivity index (χ0) is 16.2. The predicted molar refractivity (Wildman–Crippen MR) is 80.4 cm³/mol. The van der Waals surface area contributed by atoms with E-state index in [1.54, 1.807) is 17.1 Å². The van der Waals surface area contributed by atoms with Crippen LogP contribution in [0.5, 0.6) is 0 Å². The molecule has 2 aliphatic heterocycles. The van der Waals surface area contributed by atoms with Crippen molar-refractivity contribution in [1.29, 1.82) is 0 Å². The Labute approximate surface area is 133 Å². The van der Waals surface area contributed by atoms with Crippen LogP contribution in [0.4, 0.5) is 5.69 Å². The average molecular weight is 320 g/mol. The Balaban J connectivity index is 1.51. The number of likely N-dealkylation sites (tertiary alicyclic amines) is 1. The van der Waals surface area contributed by atoms with Gasteiger partial charge >= 0.3 is 0 Å².